The quantitative estimate of drug-likeness (QED) is 0.731. The number of aromatic nitrogens is 2. The van der Waals surface area contributed by atoms with E-state index in [-0.39, 0.29) is 23.2 Å². The van der Waals surface area contributed by atoms with E-state index in [9.17, 15) is 13.5 Å². The van der Waals surface area contributed by atoms with E-state index in [0.29, 0.717) is 10.9 Å². The predicted molar refractivity (Wildman–Crippen MR) is 79.1 cm³/mol. The van der Waals surface area contributed by atoms with Crippen molar-refractivity contribution in [2.45, 2.75) is 55.9 Å². The number of sulfonamides is 1. The summed E-state index contributed by atoms with van der Waals surface area (Å²) in [5, 5.41) is 16.2. The lowest BCUT2D eigenvalue weighted by Crippen LogP contribution is -2.33. The van der Waals surface area contributed by atoms with Crippen molar-refractivity contribution >= 4 is 21.8 Å². The number of hydrogen-bond acceptors (Lipinski definition) is 5. The molecule has 0 aromatic carbocycles. The third-order valence-corrected chi connectivity index (χ3v) is 6.44. The molecule has 1 heterocycles. The first-order valence-electron chi connectivity index (χ1n) is 6.76. The number of aromatic amines is 1. The number of thioether (sulfide) groups is 1. The Kier molecular flexibility index (Phi) is 5.11. The zero-order chi connectivity index (χ0) is 14.8. The molecule has 0 aliphatic heterocycles. The van der Waals surface area contributed by atoms with Gasteiger partial charge in [-0.05, 0) is 31.9 Å². The molecule has 2 atom stereocenters. The maximum absolute atomic E-state index is 12.4. The van der Waals surface area contributed by atoms with Gasteiger partial charge in [0.15, 0.2) is 0 Å². The van der Waals surface area contributed by atoms with E-state index >= 15 is 0 Å². The molecular weight excluding hydrogens is 298 g/mol. The van der Waals surface area contributed by atoms with Crippen LogP contribution in [0.5, 0.6) is 0 Å². The molecule has 114 valence electrons. The Balaban J connectivity index is 2.10. The van der Waals surface area contributed by atoms with Crippen LogP contribution in [0.1, 0.15) is 37.6 Å². The second-order valence-corrected chi connectivity index (χ2v) is 8.22. The summed E-state index contributed by atoms with van der Waals surface area (Å²) in [5.41, 5.74) is 0.631. The molecule has 0 amide bonds. The highest BCUT2D eigenvalue weighted by molar-refractivity contribution is 7.99. The van der Waals surface area contributed by atoms with Crippen LogP contribution in [-0.4, -0.2) is 40.8 Å². The summed E-state index contributed by atoms with van der Waals surface area (Å²) in [4.78, 5) is 0.0894. The van der Waals surface area contributed by atoms with E-state index in [2.05, 4.69) is 21.8 Å². The molecule has 1 aromatic rings. The number of aliphatic hydroxyl groups excluding tert-OH is 1. The normalized spacial score (nSPS) is 23.4. The SMILES string of the molecule is CCSC1CCC(NS(=O)(=O)c2c(CO)n[nH]c2C)C1. The smallest absolute Gasteiger partial charge is 0.244 e. The van der Waals surface area contributed by atoms with Crippen molar-refractivity contribution in [3.8, 4) is 0 Å². The fourth-order valence-electron chi connectivity index (χ4n) is 2.65. The number of hydrogen-bond donors (Lipinski definition) is 3. The molecule has 2 unspecified atom stereocenters. The molecular formula is C12H21N3O3S2. The Bertz CT molecular complexity index is 556. The average Bonchev–Trinajstić information content (AvgIpc) is 2.96. The van der Waals surface area contributed by atoms with Gasteiger partial charge in [-0.1, -0.05) is 6.92 Å². The van der Waals surface area contributed by atoms with Crippen molar-refractivity contribution in [1.82, 2.24) is 14.9 Å². The van der Waals surface area contributed by atoms with Crippen molar-refractivity contribution in [3.63, 3.8) is 0 Å². The van der Waals surface area contributed by atoms with E-state index < -0.39 is 10.0 Å². The predicted octanol–water partition coefficient (Wildman–Crippen LogP) is 1.16. The zero-order valence-electron chi connectivity index (χ0n) is 11.7. The monoisotopic (exact) mass is 319 g/mol. The lowest BCUT2D eigenvalue weighted by Gasteiger charge is -2.14. The van der Waals surface area contributed by atoms with Gasteiger partial charge in [-0.15, -0.1) is 0 Å². The van der Waals surface area contributed by atoms with Gasteiger partial charge in [0.05, 0.1) is 12.3 Å². The van der Waals surface area contributed by atoms with Crippen LogP contribution in [0, 0.1) is 6.92 Å². The number of aryl methyl sites for hydroxylation is 1. The van der Waals surface area contributed by atoms with Gasteiger partial charge in [0.1, 0.15) is 10.6 Å². The van der Waals surface area contributed by atoms with Crippen molar-refractivity contribution in [2.24, 2.45) is 0 Å². The molecule has 1 aromatic heterocycles. The third-order valence-electron chi connectivity index (χ3n) is 3.49. The van der Waals surface area contributed by atoms with Crippen molar-refractivity contribution in [3.05, 3.63) is 11.4 Å². The topological polar surface area (TPSA) is 95.1 Å². The first kappa shape index (κ1) is 15.8. The first-order chi connectivity index (χ1) is 9.47. The van der Waals surface area contributed by atoms with Crippen LogP contribution in [0.25, 0.3) is 0 Å². The maximum atomic E-state index is 12.4. The number of nitrogens with zero attached hydrogens (tertiary/aromatic N) is 1. The molecule has 0 saturated heterocycles. The highest BCUT2D eigenvalue weighted by Crippen LogP contribution is 2.31. The minimum Gasteiger partial charge on any atom is -0.390 e. The molecule has 6 nitrogen and oxygen atoms in total. The van der Waals surface area contributed by atoms with Gasteiger partial charge >= 0.3 is 0 Å². The Hall–Kier alpha value is -0.570. The third kappa shape index (κ3) is 3.36. The van der Waals surface area contributed by atoms with Gasteiger partial charge in [-0.3, -0.25) is 5.10 Å². The number of nitrogens with one attached hydrogen (secondary N) is 2. The van der Waals surface area contributed by atoms with Gasteiger partial charge in [-0.2, -0.15) is 16.9 Å². The molecule has 20 heavy (non-hydrogen) atoms. The molecule has 1 aliphatic carbocycles. The molecule has 0 spiro atoms. The number of rotatable bonds is 6. The molecule has 3 N–H and O–H groups in total. The molecule has 0 radical (unpaired) electrons. The molecule has 2 rings (SSSR count). The van der Waals surface area contributed by atoms with Gasteiger partial charge in [0, 0.05) is 11.3 Å². The Morgan fingerprint density at radius 3 is 2.90 bits per heavy atom. The molecule has 1 saturated carbocycles. The van der Waals surface area contributed by atoms with Crippen molar-refractivity contribution in [2.75, 3.05) is 5.75 Å². The Morgan fingerprint density at radius 1 is 1.50 bits per heavy atom. The minimum atomic E-state index is -3.63. The number of H-pyrrole nitrogens is 1. The summed E-state index contributed by atoms with van der Waals surface area (Å²) >= 11 is 1.88. The van der Waals surface area contributed by atoms with Gasteiger partial charge in [-0.25, -0.2) is 13.1 Å². The van der Waals surface area contributed by atoms with E-state index in [1.54, 1.807) is 6.92 Å². The summed E-state index contributed by atoms with van der Waals surface area (Å²) in [6, 6.07) is -0.0232. The zero-order valence-corrected chi connectivity index (χ0v) is 13.4. The molecule has 8 heteroatoms. The lowest BCUT2D eigenvalue weighted by molar-refractivity contribution is 0.273. The van der Waals surface area contributed by atoms with Crippen LogP contribution in [0.2, 0.25) is 0 Å². The summed E-state index contributed by atoms with van der Waals surface area (Å²) in [5.74, 6) is 1.06. The largest absolute Gasteiger partial charge is 0.390 e. The number of aliphatic hydroxyl groups is 1. The highest BCUT2D eigenvalue weighted by atomic mass is 32.2. The van der Waals surface area contributed by atoms with Crippen LogP contribution in [-0.2, 0) is 16.6 Å². The average molecular weight is 319 g/mol. The summed E-state index contributed by atoms with van der Waals surface area (Å²) < 4.78 is 27.6. The molecule has 0 bridgehead atoms. The second kappa shape index (κ2) is 6.46. The van der Waals surface area contributed by atoms with Crippen molar-refractivity contribution in [1.29, 1.82) is 0 Å². The Morgan fingerprint density at radius 2 is 2.25 bits per heavy atom. The van der Waals surface area contributed by atoms with E-state index in [1.807, 2.05) is 11.8 Å². The lowest BCUT2D eigenvalue weighted by atomic mass is 10.3. The van der Waals surface area contributed by atoms with Gasteiger partial charge in [0.2, 0.25) is 10.0 Å². The van der Waals surface area contributed by atoms with Crippen LogP contribution in [0.4, 0.5) is 0 Å². The standard InChI is InChI=1S/C12H21N3O3S2/c1-3-19-10-5-4-9(6-10)15-20(17,18)12-8(2)13-14-11(12)7-16/h9-10,15-16H,3-7H2,1-2H3,(H,13,14). The van der Waals surface area contributed by atoms with Gasteiger partial charge < -0.3 is 5.11 Å². The highest BCUT2D eigenvalue weighted by Gasteiger charge is 2.31. The van der Waals surface area contributed by atoms with E-state index in [0.717, 1.165) is 25.0 Å². The summed E-state index contributed by atoms with van der Waals surface area (Å²) in [6.45, 7) is 3.37. The fraction of sp³-hybridized carbons (Fsp3) is 0.750. The minimum absolute atomic E-state index is 0.0232. The van der Waals surface area contributed by atoms with Crippen LogP contribution < -0.4 is 4.72 Å². The summed E-state index contributed by atoms with van der Waals surface area (Å²) in [6.07, 6.45) is 2.77. The first-order valence-corrected chi connectivity index (χ1v) is 9.29. The summed E-state index contributed by atoms with van der Waals surface area (Å²) in [7, 11) is -3.63. The Labute approximate surface area is 123 Å². The van der Waals surface area contributed by atoms with Crippen LogP contribution >= 0.6 is 11.8 Å². The fourth-order valence-corrected chi connectivity index (χ4v) is 5.43. The van der Waals surface area contributed by atoms with Crippen molar-refractivity contribution < 1.29 is 13.5 Å². The second-order valence-electron chi connectivity index (χ2n) is 4.99. The molecule has 1 fully saturated rings. The van der Waals surface area contributed by atoms with Crippen LogP contribution in [0.3, 0.4) is 0 Å². The van der Waals surface area contributed by atoms with E-state index in [4.69, 9.17) is 0 Å². The van der Waals surface area contributed by atoms with E-state index in [1.165, 1.54) is 0 Å². The molecule has 1 aliphatic rings. The van der Waals surface area contributed by atoms with Crippen LogP contribution in [0.15, 0.2) is 4.90 Å². The van der Waals surface area contributed by atoms with Gasteiger partial charge in [0.25, 0.3) is 0 Å². The maximum Gasteiger partial charge on any atom is 0.244 e.